The lowest BCUT2D eigenvalue weighted by atomic mass is 10.0. The van der Waals surface area contributed by atoms with Crippen molar-refractivity contribution in [3.05, 3.63) is 42.5 Å². The van der Waals surface area contributed by atoms with Gasteiger partial charge in [-0.1, -0.05) is 50.2 Å². The molecule has 2 aromatic carbocycles. The Morgan fingerprint density at radius 3 is 2.56 bits per heavy atom. The topological polar surface area (TPSA) is 75.7 Å². The van der Waals surface area contributed by atoms with Crippen LogP contribution in [-0.4, -0.2) is 37.5 Å². The fourth-order valence-corrected chi connectivity index (χ4v) is 3.46. The Labute approximate surface area is 158 Å². The molecule has 2 aromatic rings. The number of rotatable bonds is 5. The quantitative estimate of drug-likeness (QED) is 0.823. The van der Waals surface area contributed by atoms with E-state index in [1.165, 1.54) is 7.11 Å². The van der Waals surface area contributed by atoms with Crippen molar-refractivity contribution in [2.24, 2.45) is 11.8 Å². The minimum absolute atomic E-state index is 0.0920. The van der Waals surface area contributed by atoms with Crippen LogP contribution in [0.15, 0.2) is 42.5 Å². The highest BCUT2D eigenvalue weighted by atomic mass is 16.5. The van der Waals surface area contributed by atoms with Gasteiger partial charge in [0.25, 0.3) is 0 Å². The summed E-state index contributed by atoms with van der Waals surface area (Å²) in [6.45, 7) is 3.97. The van der Waals surface area contributed by atoms with E-state index in [2.05, 4.69) is 5.32 Å². The van der Waals surface area contributed by atoms with E-state index in [9.17, 15) is 14.4 Å². The van der Waals surface area contributed by atoms with Crippen LogP contribution in [0.3, 0.4) is 0 Å². The molecular weight excluding hydrogens is 344 g/mol. The number of fused-ring (bicyclic) bond motifs is 1. The van der Waals surface area contributed by atoms with Gasteiger partial charge >= 0.3 is 5.97 Å². The van der Waals surface area contributed by atoms with Crippen LogP contribution in [0.1, 0.15) is 20.3 Å². The SMILES string of the molecule is COC(=O)C(NC(=O)C1CC(=O)N(c2cccc3ccccc23)C1)C(C)C. The van der Waals surface area contributed by atoms with Crippen molar-refractivity contribution in [3.8, 4) is 0 Å². The number of ether oxygens (including phenoxy) is 1. The van der Waals surface area contributed by atoms with Crippen LogP contribution in [0.2, 0.25) is 0 Å². The molecular formula is C21H24N2O4. The van der Waals surface area contributed by atoms with Crippen LogP contribution in [0, 0.1) is 11.8 Å². The Hall–Kier alpha value is -2.89. The zero-order valence-corrected chi connectivity index (χ0v) is 15.8. The highest BCUT2D eigenvalue weighted by molar-refractivity contribution is 6.07. The molecule has 6 nitrogen and oxygen atoms in total. The van der Waals surface area contributed by atoms with Gasteiger partial charge in [0.05, 0.1) is 18.7 Å². The van der Waals surface area contributed by atoms with E-state index in [0.717, 1.165) is 16.5 Å². The van der Waals surface area contributed by atoms with Crippen molar-refractivity contribution in [2.75, 3.05) is 18.6 Å². The fourth-order valence-electron chi connectivity index (χ4n) is 3.46. The number of nitrogens with one attached hydrogen (secondary N) is 1. The van der Waals surface area contributed by atoms with E-state index in [1.807, 2.05) is 56.3 Å². The third-order valence-corrected chi connectivity index (χ3v) is 4.97. The summed E-state index contributed by atoms with van der Waals surface area (Å²) in [4.78, 5) is 38.8. The van der Waals surface area contributed by atoms with Crippen LogP contribution in [0.4, 0.5) is 5.69 Å². The molecule has 1 heterocycles. The average molecular weight is 368 g/mol. The molecule has 2 amide bonds. The number of methoxy groups -OCH3 is 1. The van der Waals surface area contributed by atoms with E-state index < -0.39 is 17.9 Å². The Bertz CT molecular complexity index is 872. The predicted octanol–water partition coefficient (Wildman–Crippen LogP) is 2.51. The van der Waals surface area contributed by atoms with E-state index in [-0.39, 0.29) is 24.2 Å². The Kier molecular flexibility index (Phi) is 5.44. The predicted molar refractivity (Wildman–Crippen MR) is 103 cm³/mol. The van der Waals surface area contributed by atoms with Crippen molar-refractivity contribution >= 4 is 34.2 Å². The smallest absolute Gasteiger partial charge is 0.328 e. The lowest BCUT2D eigenvalue weighted by molar-refractivity contribution is -0.146. The van der Waals surface area contributed by atoms with Gasteiger partial charge in [-0.25, -0.2) is 4.79 Å². The molecule has 6 heteroatoms. The lowest BCUT2D eigenvalue weighted by Gasteiger charge is -2.22. The van der Waals surface area contributed by atoms with E-state index in [0.29, 0.717) is 6.54 Å². The Balaban J connectivity index is 1.79. The number of carbonyl (C=O) groups is 3. The summed E-state index contributed by atoms with van der Waals surface area (Å²) in [6.07, 6.45) is 0.126. The van der Waals surface area contributed by atoms with Crippen molar-refractivity contribution in [3.63, 3.8) is 0 Å². The lowest BCUT2D eigenvalue weighted by Crippen LogP contribution is -2.47. The third kappa shape index (κ3) is 3.79. The number of amides is 2. The van der Waals surface area contributed by atoms with Gasteiger partial charge in [0.15, 0.2) is 0 Å². The minimum atomic E-state index is -0.718. The molecule has 0 aromatic heterocycles. The molecule has 1 saturated heterocycles. The molecule has 1 aliphatic rings. The van der Waals surface area contributed by atoms with E-state index >= 15 is 0 Å². The van der Waals surface area contributed by atoms with Crippen LogP contribution in [0.25, 0.3) is 10.8 Å². The zero-order chi connectivity index (χ0) is 19.6. The summed E-state index contributed by atoms with van der Waals surface area (Å²) in [5.74, 6) is -1.47. The van der Waals surface area contributed by atoms with Crippen LogP contribution < -0.4 is 10.2 Å². The highest BCUT2D eigenvalue weighted by Crippen LogP contribution is 2.31. The Morgan fingerprint density at radius 2 is 1.85 bits per heavy atom. The van der Waals surface area contributed by atoms with Gasteiger partial charge < -0.3 is 15.0 Å². The second kappa shape index (κ2) is 7.78. The summed E-state index contributed by atoms with van der Waals surface area (Å²) in [6, 6.07) is 12.9. The first kappa shape index (κ1) is 18.9. The molecule has 0 aliphatic carbocycles. The molecule has 2 unspecified atom stereocenters. The monoisotopic (exact) mass is 368 g/mol. The summed E-state index contributed by atoms with van der Waals surface area (Å²) in [5.41, 5.74) is 0.807. The van der Waals surface area contributed by atoms with Crippen LogP contribution in [-0.2, 0) is 19.1 Å². The van der Waals surface area contributed by atoms with Crippen molar-refractivity contribution in [1.82, 2.24) is 5.32 Å². The third-order valence-electron chi connectivity index (χ3n) is 4.97. The number of esters is 1. The average Bonchev–Trinajstić information content (AvgIpc) is 3.06. The molecule has 1 fully saturated rings. The van der Waals surface area contributed by atoms with Gasteiger partial charge in [-0.3, -0.25) is 9.59 Å². The molecule has 0 spiro atoms. The maximum absolute atomic E-state index is 12.7. The van der Waals surface area contributed by atoms with Crippen LogP contribution in [0.5, 0.6) is 0 Å². The number of nitrogens with zero attached hydrogens (tertiary/aromatic N) is 1. The number of hydrogen-bond donors (Lipinski definition) is 1. The highest BCUT2D eigenvalue weighted by Gasteiger charge is 2.37. The maximum atomic E-state index is 12.7. The van der Waals surface area contributed by atoms with Crippen molar-refractivity contribution in [1.29, 1.82) is 0 Å². The summed E-state index contributed by atoms with van der Waals surface area (Å²) >= 11 is 0. The molecule has 0 bridgehead atoms. The summed E-state index contributed by atoms with van der Waals surface area (Å²) in [7, 11) is 1.30. The molecule has 1 aliphatic heterocycles. The van der Waals surface area contributed by atoms with Gasteiger partial charge in [-0.2, -0.15) is 0 Å². The summed E-state index contributed by atoms with van der Waals surface area (Å²) < 4.78 is 4.77. The Morgan fingerprint density at radius 1 is 1.15 bits per heavy atom. The molecule has 3 rings (SSSR count). The van der Waals surface area contributed by atoms with E-state index in [1.54, 1.807) is 4.90 Å². The molecule has 0 saturated carbocycles. The maximum Gasteiger partial charge on any atom is 0.328 e. The van der Waals surface area contributed by atoms with Crippen molar-refractivity contribution in [2.45, 2.75) is 26.3 Å². The summed E-state index contributed by atoms with van der Waals surface area (Å²) in [5, 5.41) is 4.77. The largest absolute Gasteiger partial charge is 0.467 e. The first-order valence-corrected chi connectivity index (χ1v) is 9.08. The van der Waals surface area contributed by atoms with Crippen molar-refractivity contribution < 1.29 is 19.1 Å². The normalized spacial score (nSPS) is 18.0. The number of benzene rings is 2. The fraction of sp³-hybridized carbons (Fsp3) is 0.381. The second-order valence-electron chi connectivity index (χ2n) is 7.16. The number of hydrogen-bond acceptors (Lipinski definition) is 4. The first-order valence-electron chi connectivity index (χ1n) is 9.08. The van der Waals surface area contributed by atoms with E-state index in [4.69, 9.17) is 4.74 Å². The second-order valence-corrected chi connectivity index (χ2v) is 7.16. The van der Waals surface area contributed by atoms with Gasteiger partial charge in [0, 0.05) is 18.4 Å². The van der Waals surface area contributed by atoms with Crippen LogP contribution >= 0.6 is 0 Å². The van der Waals surface area contributed by atoms with Gasteiger partial charge in [-0.15, -0.1) is 0 Å². The molecule has 27 heavy (non-hydrogen) atoms. The zero-order valence-electron chi connectivity index (χ0n) is 15.8. The first-order chi connectivity index (χ1) is 12.9. The van der Waals surface area contributed by atoms with Gasteiger partial charge in [-0.05, 0) is 17.4 Å². The molecule has 0 radical (unpaired) electrons. The number of carbonyl (C=O) groups excluding carboxylic acids is 3. The molecule has 1 N–H and O–H groups in total. The molecule has 142 valence electrons. The van der Waals surface area contributed by atoms with Gasteiger partial charge in [0.2, 0.25) is 11.8 Å². The van der Waals surface area contributed by atoms with Gasteiger partial charge in [0.1, 0.15) is 6.04 Å². The molecule has 2 atom stereocenters. The standard InChI is InChI=1S/C21H24N2O4/c1-13(2)19(21(26)27-3)22-20(25)15-11-18(24)23(12-15)17-10-6-8-14-7-4-5-9-16(14)17/h4-10,13,15,19H,11-12H2,1-3H3,(H,22,25). The number of anilines is 1. The minimum Gasteiger partial charge on any atom is -0.467 e.